The van der Waals surface area contributed by atoms with Crippen molar-refractivity contribution in [2.24, 2.45) is 7.05 Å². The zero-order valence-electron chi connectivity index (χ0n) is 14.5. The Morgan fingerprint density at radius 1 is 1.16 bits per heavy atom. The quantitative estimate of drug-likeness (QED) is 0.752. The minimum absolute atomic E-state index is 0.156. The maximum Gasteiger partial charge on any atom is 0.270 e. The molecular formula is C20H22N4O. The minimum Gasteiger partial charge on any atom is -0.338 e. The van der Waals surface area contributed by atoms with Crippen LogP contribution in [0.1, 0.15) is 46.8 Å². The third-order valence-corrected chi connectivity index (χ3v) is 4.06. The molecule has 1 N–H and O–H groups in total. The summed E-state index contributed by atoms with van der Waals surface area (Å²) in [6.45, 7) is 2.10. The van der Waals surface area contributed by atoms with Gasteiger partial charge in [-0.05, 0) is 30.2 Å². The van der Waals surface area contributed by atoms with Gasteiger partial charge in [0, 0.05) is 13.2 Å². The van der Waals surface area contributed by atoms with E-state index >= 15 is 0 Å². The van der Waals surface area contributed by atoms with Crippen molar-refractivity contribution in [2.75, 3.05) is 0 Å². The number of carbonyl (C=O) groups is 1. The standard InChI is InChI=1S/C20H22N4O/c1-3-9-16-14-18(24(2)23-16)20(25)22-19(15-10-5-4-6-11-15)17-12-7-8-13-21-17/h4-8,10-14,19H,3,9H2,1-2H3,(H,22,25)/t19-/m1/s1. The van der Waals surface area contributed by atoms with Crippen LogP contribution in [0.5, 0.6) is 0 Å². The lowest BCUT2D eigenvalue weighted by Crippen LogP contribution is -2.31. The molecule has 0 aliphatic rings. The van der Waals surface area contributed by atoms with E-state index in [1.54, 1.807) is 17.9 Å². The molecule has 0 bridgehead atoms. The molecular weight excluding hydrogens is 312 g/mol. The lowest BCUT2D eigenvalue weighted by molar-refractivity contribution is 0.0933. The number of hydrogen-bond acceptors (Lipinski definition) is 3. The molecule has 128 valence electrons. The fraction of sp³-hybridized carbons (Fsp3) is 0.250. The van der Waals surface area contributed by atoms with Gasteiger partial charge in [-0.15, -0.1) is 0 Å². The Morgan fingerprint density at radius 2 is 1.92 bits per heavy atom. The van der Waals surface area contributed by atoms with Gasteiger partial charge >= 0.3 is 0 Å². The molecule has 1 aromatic carbocycles. The van der Waals surface area contributed by atoms with Gasteiger partial charge in [-0.25, -0.2) is 0 Å². The van der Waals surface area contributed by atoms with Gasteiger partial charge in [0.15, 0.2) is 0 Å². The van der Waals surface area contributed by atoms with Gasteiger partial charge in [-0.1, -0.05) is 49.7 Å². The summed E-state index contributed by atoms with van der Waals surface area (Å²) in [6.07, 6.45) is 3.60. The Labute approximate surface area is 147 Å². The van der Waals surface area contributed by atoms with Crippen molar-refractivity contribution in [2.45, 2.75) is 25.8 Å². The SMILES string of the molecule is CCCc1cc(C(=O)N[C@H](c2ccccc2)c2ccccn2)n(C)n1. The topological polar surface area (TPSA) is 59.8 Å². The summed E-state index contributed by atoms with van der Waals surface area (Å²) in [6, 6.07) is 17.1. The van der Waals surface area contributed by atoms with Crippen LogP contribution in [0.2, 0.25) is 0 Å². The number of aromatic nitrogens is 3. The Kier molecular flexibility index (Phi) is 5.23. The highest BCUT2D eigenvalue weighted by Crippen LogP contribution is 2.20. The van der Waals surface area contributed by atoms with Crippen LogP contribution in [0.25, 0.3) is 0 Å². The highest BCUT2D eigenvalue weighted by atomic mass is 16.2. The highest BCUT2D eigenvalue weighted by molar-refractivity contribution is 5.93. The average molecular weight is 334 g/mol. The number of amides is 1. The minimum atomic E-state index is -0.306. The second kappa shape index (κ2) is 7.75. The largest absolute Gasteiger partial charge is 0.338 e. The van der Waals surface area contributed by atoms with Crippen molar-refractivity contribution >= 4 is 5.91 Å². The molecule has 0 saturated carbocycles. The summed E-state index contributed by atoms with van der Waals surface area (Å²) in [7, 11) is 1.80. The van der Waals surface area contributed by atoms with E-state index in [2.05, 4.69) is 22.3 Å². The highest BCUT2D eigenvalue weighted by Gasteiger charge is 2.21. The van der Waals surface area contributed by atoms with E-state index in [1.807, 2.05) is 54.6 Å². The van der Waals surface area contributed by atoms with Crippen molar-refractivity contribution < 1.29 is 4.79 Å². The van der Waals surface area contributed by atoms with Crippen molar-refractivity contribution in [1.82, 2.24) is 20.1 Å². The first-order chi connectivity index (χ1) is 12.2. The first kappa shape index (κ1) is 16.9. The van der Waals surface area contributed by atoms with Crippen molar-refractivity contribution in [1.29, 1.82) is 0 Å². The molecule has 0 unspecified atom stereocenters. The monoisotopic (exact) mass is 334 g/mol. The van der Waals surface area contributed by atoms with Gasteiger partial charge in [0.05, 0.1) is 17.4 Å². The molecule has 0 spiro atoms. The van der Waals surface area contributed by atoms with E-state index in [1.165, 1.54) is 0 Å². The average Bonchev–Trinajstić information content (AvgIpc) is 3.02. The summed E-state index contributed by atoms with van der Waals surface area (Å²) >= 11 is 0. The molecule has 0 fully saturated rings. The maximum atomic E-state index is 12.8. The molecule has 5 nitrogen and oxygen atoms in total. The maximum absolute atomic E-state index is 12.8. The van der Waals surface area contributed by atoms with E-state index in [0.717, 1.165) is 29.8 Å². The predicted molar refractivity (Wildman–Crippen MR) is 97.2 cm³/mol. The van der Waals surface area contributed by atoms with Crippen molar-refractivity contribution in [3.05, 3.63) is 83.4 Å². The summed E-state index contributed by atoms with van der Waals surface area (Å²) in [5.74, 6) is -0.156. The number of nitrogens with zero attached hydrogens (tertiary/aromatic N) is 3. The molecule has 0 saturated heterocycles. The zero-order valence-corrected chi connectivity index (χ0v) is 14.5. The van der Waals surface area contributed by atoms with Gasteiger partial charge in [0.1, 0.15) is 5.69 Å². The molecule has 25 heavy (non-hydrogen) atoms. The molecule has 3 aromatic rings. The van der Waals surface area contributed by atoms with E-state index in [4.69, 9.17) is 0 Å². The number of pyridine rings is 1. The van der Waals surface area contributed by atoms with Crippen LogP contribution in [0, 0.1) is 0 Å². The normalized spacial score (nSPS) is 11.9. The summed E-state index contributed by atoms with van der Waals surface area (Å²) in [5.41, 5.74) is 3.29. The van der Waals surface area contributed by atoms with Gasteiger partial charge in [0.2, 0.25) is 0 Å². The summed E-state index contributed by atoms with van der Waals surface area (Å²) in [5, 5.41) is 7.51. The van der Waals surface area contributed by atoms with Crippen LogP contribution in [-0.4, -0.2) is 20.7 Å². The molecule has 0 radical (unpaired) electrons. The second-order valence-corrected chi connectivity index (χ2v) is 5.97. The Morgan fingerprint density at radius 3 is 2.60 bits per heavy atom. The van der Waals surface area contributed by atoms with Gasteiger partial charge in [0.25, 0.3) is 5.91 Å². The molecule has 2 aromatic heterocycles. The first-order valence-corrected chi connectivity index (χ1v) is 8.48. The van der Waals surface area contributed by atoms with Crippen LogP contribution in [0.4, 0.5) is 0 Å². The van der Waals surface area contributed by atoms with Crippen LogP contribution < -0.4 is 5.32 Å². The van der Waals surface area contributed by atoms with E-state index in [9.17, 15) is 4.79 Å². The van der Waals surface area contributed by atoms with Gasteiger partial charge in [-0.2, -0.15) is 5.10 Å². The number of hydrogen-bond donors (Lipinski definition) is 1. The van der Waals surface area contributed by atoms with Crippen LogP contribution in [0.15, 0.2) is 60.8 Å². The van der Waals surface area contributed by atoms with E-state index in [0.29, 0.717) is 5.69 Å². The number of benzene rings is 1. The summed E-state index contributed by atoms with van der Waals surface area (Å²) in [4.78, 5) is 17.3. The predicted octanol–water partition coefficient (Wildman–Crippen LogP) is 3.29. The Hall–Kier alpha value is -2.95. The third-order valence-electron chi connectivity index (χ3n) is 4.06. The van der Waals surface area contributed by atoms with Crippen molar-refractivity contribution in [3.63, 3.8) is 0 Å². The zero-order chi connectivity index (χ0) is 17.6. The number of aryl methyl sites for hydroxylation is 2. The van der Waals surface area contributed by atoms with Crippen LogP contribution >= 0.6 is 0 Å². The molecule has 0 aliphatic heterocycles. The second-order valence-electron chi connectivity index (χ2n) is 5.97. The Bertz CT molecular complexity index is 788. The lowest BCUT2D eigenvalue weighted by atomic mass is 10.0. The Balaban J connectivity index is 1.89. The van der Waals surface area contributed by atoms with Crippen LogP contribution in [0.3, 0.4) is 0 Å². The van der Waals surface area contributed by atoms with Crippen LogP contribution in [-0.2, 0) is 13.5 Å². The molecule has 3 rings (SSSR count). The fourth-order valence-corrected chi connectivity index (χ4v) is 2.84. The molecule has 0 aliphatic carbocycles. The fourth-order valence-electron chi connectivity index (χ4n) is 2.84. The van der Waals surface area contributed by atoms with Gasteiger partial charge in [-0.3, -0.25) is 14.5 Å². The van der Waals surface area contributed by atoms with E-state index < -0.39 is 0 Å². The third kappa shape index (κ3) is 3.94. The number of nitrogens with one attached hydrogen (secondary N) is 1. The number of rotatable bonds is 6. The molecule has 2 heterocycles. The van der Waals surface area contributed by atoms with Crippen molar-refractivity contribution in [3.8, 4) is 0 Å². The smallest absolute Gasteiger partial charge is 0.270 e. The van der Waals surface area contributed by atoms with E-state index in [-0.39, 0.29) is 11.9 Å². The lowest BCUT2D eigenvalue weighted by Gasteiger charge is -2.18. The molecule has 5 heteroatoms. The summed E-state index contributed by atoms with van der Waals surface area (Å²) < 4.78 is 1.64. The molecule has 1 amide bonds. The molecule has 1 atom stereocenters. The number of carbonyl (C=O) groups excluding carboxylic acids is 1. The van der Waals surface area contributed by atoms with Gasteiger partial charge < -0.3 is 5.32 Å². The first-order valence-electron chi connectivity index (χ1n) is 8.48.